The fourth-order valence-electron chi connectivity index (χ4n) is 1.47. The van der Waals surface area contributed by atoms with Crippen LogP contribution in [0.1, 0.15) is 11.1 Å². The molecule has 1 aliphatic rings. The molecule has 1 nitrogen and oxygen atoms in total. The van der Waals surface area contributed by atoms with Crippen LogP contribution in [0.2, 0.25) is 0 Å². The highest BCUT2D eigenvalue weighted by atomic mass is 79.9. The fourth-order valence-corrected chi connectivity index (χ4v) is 2.50. The zero-order valence-electron chi connectivity index (χ0n) is 6.23. The second-order valence-electron chi connectivity index (χ2n) is 2.88. The van der Waals surface area contributed by atoms with Gasteiger partial charge in [0.1, 0.15) is 5.78 Å². The van der Waals surface area contributed by atoms with Crippen molar-refractivity contribution in [1.82, 2.24) is 0 Å². The van der Waals surface area contributed by atoms with E-state index in [1.807, 2.05) is 12.1 Å². The van der Waals surface area contributed by atoms with Crippen LogP contribution in [-0.4, -0.2) is 5.78 Å². The first-order valence-corrected chi connectivity index (χ1v) is 5.24. The molecule has 0 spiro atoms. The third-order valence-electron chi connectivity index (χ3n) is 2.06. The highest BCUT2D eigenvalue weighted by molar-refractivity contribution is 9.11. The maximum atomic E-state index is 11.2. The average Bonchev–Trinajstić information content (AvgIpc) is 2.41. The van der Waals surface area contributed by atoms with E-state index in [9.17, 15) is 4.79 Å². The third kappa shape index (κ3) is 1.25. The van der Waals surface area contributed by atoms with E-state index < -0.39 is 0 Å². The lowest BCUT2D eigenvalue weighted by atomic mass is 10.1. The van der Waals surface area contributed by atoms with Gasteiger partial charge < -0.3 is 0 Å². The molecule has 0 bridgehead atoms. The SMILES string of the molecule is O=C1Cc2c(Br)ccc(Br)c2C1. The summed E-state index contributed by atoms with van der Waals surface area (Å²) >= 11 is 6.87. The molecule has 62 valence electrons. The number of carbonyl (C=O) groups excluding carboxylic acids is 1. The number of carbonyl (C=O) groups is 1. The van der Waals surface area contributed by atoms with E-state index in [0.717, 1.165) is 20.1 Å². The van der Waals surface area contributed by atoms with Gasteiger partial charge >= 0.3 is 0 Å². The Morgan fingerprint density at radius 2 is 1.42 bits per heavy atom. The average molecular weight is 290 g/mol. The van der Waals surface area contributed by atoms with Crippen molar-refractivity contribution in [2.75, 3.05) is 0 Å². The van der Waals surface area contributed by atoms with Gasteiger partial charge in [-0.3, -0.25) is 4.79 Å². The summed E-state index contributed by atoms with van der Waals surface area (Å²) < 4.78 is 2.10. The van der Waals surface area contributed by atoms with E-state index in [1.54, 1.807) is 0 Å². The van der Waals surface area contributed by atoms with Crippen LogP contribution in [0.5, 0.6) is 0 Å². The van der Waals surface area contributed by atoms with E-state index in [-0.39, 0.29) is 0 Å². The highest BCUT2D eigenvalue weighted by Crippen LogP contribution is 2.32. The Morgan fingerprint density at radius 3 is 1.83 bits per heavy atom. The van der Waals surface area contributed by atoms with Gasteiger partial charge in [-0.25, -0.2) is 0 Å². The minimum absolute atomic E-state index is 0.303. The van der Waals surface area contributed by atoms with E-state index in [0.29, 0.717) is 18.6 Å². The minimum atomic E-state index is 0.303. The molecule has 0 aromatic heterocycles. The van der Waals surface area contributed by atoms with Crippen molar-refractivity contribution in [3.8, 4) is 0 Å². The topological polar surface area (TPSA) is 17.1 Å². The maximum absolute atomic E-state index is 11.2. The van der Waals surface area contributed by atoms with Crippen molar-refractivity contribution in [1.29, 1.82) is 0 Å². The first-order valence-electron chi connectivity index (χ1n) is 3.66. The van der Waals surface area contributed by atoms with E-state index in [4.69, 9.17) is 0 Å². The summed E-state index contributed by atoms with van der Waals surface area (Å²) in [5.74, 6) is 0.303. The molecule has 2 rings (SSSR count). The van der Waals surface area contributed by atoms with Gasteiger partial charge in [0.2, 0.25) is 0 Å². The van der Waals surface area contributed by atoms with Crippen LogP contribution in [0.15, 0.2) is 21.1 Å². The van der Waals surface area contributed by atoms with E-state index in [2.05, 4.69) is 31.9 Å². The molecule has 1 aliphatic carbocycles. The van der Waals surface area contributed by atoms with Crippen LogP contribution in [0, 0.1) is 0 Å². The standard InChI is InChI=1S/C9H6Br2O/c10-8-1-2-9(11)7-4-5(12)3-6(7)8/h1-2H,3-4H2. The van der Waals surface area contributed by atoms with Crippen LogP contribution in [0.4, 0.5) is 0 Å². The molecule has 0 saturated heterocycles. The number of Topliss-reactive ketones (excluding diaryl/α,β-unsaturated/α-hetero) is 1. The summed E-state index contributed by atoms with van der Waals surface area (Å²) in [6, 6.07) is 3.95. The Bertz CT molecular complexity index is 325. The molecule has 0 saturated carbocycles. The fraction of sp³-hybridized carbons (Fsp3) is 0.222. The van der Waals surface area contributed by atoms with Crippen LogP contribution in [0.3, 0.4) is 0 Å². The number of benzene rings is 1. The lowest BCUT2D eigenvalue weighted by molar-refractivity contribution is -0.117. The van der Waals surface area contributed by atoms with Gasteiger partial charge in [-0.2, -0.15) is 0 Å². The number of halogens is 2. The lowest BCUT2D eigenvalue weighted by Gasteiger charge is -2.02. The highest BCUT2D eigenvalue weighted by Gasteiger charge is 2.22. The van der Waals surface area contributed by atoms with Crippen molar-refractivity contribution in [2.45, 2.75) is 12.8 Å². The summed E-state index contributed by atoms with van der Waals surface area (Å²) in [7, 11) is 0. The second-order valence-corrected chi connectivity index (χ2v) is 4.59. The molecule has 3 heteroatoms. The van der Waals surface area contributed by atoms with Crippen molar-refractivity contribution >= 4 is 37.6 Å². The van der Waals surface area contributed by atoms with Gasteiger partial charge in [0.25, 0.3) is 0 Å². The molecular weight excluding hydrogens is 284 g/mol. The Labute approximate surface area is 87.4 Å². The molecule has 0 radical (unpaired) electrons. The molecule has 0 heterocycles. The Morgan fingerprint density at radius 1 is 1.00 bits per heavy atom. The molecule has 0 unspecified atom stereocenters. The number of fused-ring (bicyclic) bond motifs is 1. The van der Waals surface area contributed by atoms with E-state index in [1.165, 1.54) is 0 Å². The van der Waals surface area contributed by atoms with Crippen molar-refractivity contribution < 1.29 is 4.79 Å². The largest absolute Gasteiger partial charge is 0.299 e. The smallest absolute Gasteiger partial charge is 0.141 e. The molecule has 0 atom stereocenters. The number of hydrogen-bond donors (Lipinski definition) is 0. The lowest BCUT2D eigenvalue weighted by Crippen LogP contribution is -1.92. The van der Waals surface area contributed by atoms with Gasteiger partial charge in [-0.1, -0.05) is 31.9 Å². The van der Waals surface area contributed by atoms with Gasteiger partial charge in [-0.15, -0.1) is 0 Å². The molecule has 0 fully saturated rings. The van der Waals surface area contributed by atoms with Gasteiger partial charge in [0.05, 0.1) is 0 Å². The second kappa shape index (κ2) is 2.96. The van der Waals surface area contributed by atoms with E-state index >= 15 is 0 Å². The number of rotatable bonds is 0. The first kappa shape index (κ1) is 8.45. The zero-order valence-corrected chi connectivity index (χ0v) is 9.41. The Hall–Kier alpha value is -0.150. The molecular formula is C9H6Br2O. The monoisotopic (exact) mass is 288 g/mol. The predicted molar refractivity (Wildman–Crippen MR) is 54.3 cm³/mol. The van der Waals surface area contributed by atoms with Crippen LogP contribution in [0.25, 0.3) is 0 Å². The zero-order chi connectivity index (χ0) is 8.72. The summed E-state index contributed by atoms with van der Waals surface area (Å²) in [5.41, 5.74) is 2.30. The van der Waals surface area contributed by atoms with Gasteiger partial charge in [-0.05, 0) is 23.3 Å². The number of ketones is 1. The normalized spacial score (nSPS) is 15.0. The quantitative estimate of drug-likeness (QED) is 0.718. The Balaban J connectivity index is 2.64. The minimum Gasteiger partial charge on any atom is -0.299 e. The third-order valence-corrected chi connectivity index (χ3v) is 3.55. The summed E-state index contributed by atoms with van der Waals surface area (Å²) in [6.07, 6.45) is 1.16. The molecule has 0 aliphatic heterocycles. The molecule has 0 amide bonds. The molecule has 0 N–H and O–H groups in total. The Kier molecular flexibility index (Phi) is 2.09. The molecule has 12 heavy (non-hydrogen) atoms. The molecule has 1 aromatic carbocycles. The van der Waals surface area contributed by atoms with Crippen LogP contribution >= 0.6 is 31.9 Å². The van der Waals surface area contributed by atoms with Gasteiger partial charge in [0, 0.05) is 21.8 Å². The van der Waals surface area contributed by atoms with Gasteiger partial charge in [0.15, 0.2) is 0 Å². The van der Waals surface area contributed by atoms with Crippen molar-refractivity contribution in [3.63, 3.8) is 0 Å². The van der Waals surface area contributed by atoms with Crippen molar-refractivity contribution in [2.24, 2.45) is 0 Å². The van der Waals surface area contributed by atoms with Crippen LogP contribution < -0.4 is 0 Å². The first-order chi connectivity index (χ1) is 5.68. The summed E-state index contributed by atoms with van der Waals surface area (Å²) in [5, 5.41) is 0. The maximum Gasteiger partial charge on any atom is 0.141 e. The molecule has 1 aromatic rings. The van der Waals surface area contributed by atoms with Crippen LogP contribution in [-0.2, 0) is 17.6 Å². The predicted octanol–water partition coefficient (Wildman–Crippen LogP) is 2.88. The summed E-state index contributed by atoms with van der Waals surface area (Å²) in [4.78, 5) is 11.2. The van der Waals surface area contributed by atoms with Crippen molar-refractivity contribution in [3.05, 3.63) is 32.2 Å². The summed E-state index contributed by atoms with van der Waals surface area (Å²) in [6.45, 7) is 0. The number of hydrogen-bond acceptors (Lipinski definition) is 1.